The molecule has 1 saturated heterocycles. The summed E-state index contributed by atoms with van der Waals surface area (Å²) in [7, 11) is 0. The zero-order chi connectivity index (χ0) is 23.1. The number of rotatable bonds is 5. The molecule has 2 fully saturated rings. The van der Waals surface area contributed by atoms with Crippen molar-refractivity contribution in [3.63, 3.8) is 0 Å². The van der Waals surface area contributed by atoms with E-state index in [1.54, 1.807) is 18.3 Å². The molecule has 3 aromatic rings. The molecule has 0 bridgehead atoms. The molecule has 2 N–H and O–H groups in total. The van der Waals surface area contributed by atoms with Crippen molar-refractivity contribution < 1.29 is 13.6 Å². The van der Waals surface area contributed by atoms with Crippen LogP contribution in [0.5, 0.6) is 0 Å². The zero-order valence-electron chi connectivity index (χ0n) is 17.8. The number of nitrogens with one attached hydrogen (secondary N) is 2. The number of hydrogen-bond donors (Lipinski definition) is 2. The number of pyridine rings is 1. The minimum atomic E-state index is -0.637. The van der Waals surface area contributed by atoms with Crippen LogP contribution in [0.2, 0.25) is 5.02 Å². The molecule has 0 spiro atoms. The van der Waals surface area contributed by atoms with Crippen LogP contribution in [0.15, 0.2) is 41.3 Å². The predicted octanol–water partition coefficient (Wildman–Crippen LogP) is 3.61. The van der Waals surface area contributed by atoms with E-state index in [2.05, 4.69) is 10.6 Å². The lowest BCUT2D eigenvalue weighted by atomic mass is 10.1. The smallest absolute Gasteiger partial charge is 0.257 e. The van der Waals surface area contributed by atoms with Crippen LogP contribution in [0.25, 0.3) is 10.9 Å². The van der Waals surface area contributed by atoms with Gasteiger partial charge in [0.05, 0.1) is 16.2 Å². The van der Waals surface area contributed by atoms with Crippen LogP contribution in [0.4, 0.5) is 14.5 Å². The summed E-state index contributed by atoms with van der Waals surface area (Å²) >= 11 is 5.80. The molecule has 1 amide bonds. The molecule has 33 heavy (non-hydrogen) atoms. The van der Waals surface area contributed by atoms with Crippen molar-refractivity contribution in [2.24, 2.45) is 0 Å². The zero-order valence-corrected chi connectivity index (χ0v) is 18.6. The van der Waals surface area contributed by atoms with Gasteiger partial charge in [0.1, 0.15) is 17.2 Å². The number of benzene rings is 2. The first-order valence-electron chi connectivity index (χ1n) is 11.0. The fourth-order valence-electron chi connectivity index (χ4n) is 4.28. The van der Waals surface area contributed by atoms with E-state index >= 15 is 4.39 Å². The van der Waals surface area contributed by atoms with Crippen molar-refractivity contribution in [1.82, 2.24) is 15.2 Å². The summed E-state index contributed by atoms with van der Waals surface area (Å²) in [6.45, 7) is 2.76. The molecule has 0 atom stereocenters. The van der Waals surface area contributed by atoms with Crippen molar-refractivity contribution in [3.8, 4) is 0 Å². The average molecular weight is 473 g/mol. The summed E-state index contributed by atoms with van der Waals surface area (Å²) in [5, 5.41) is 5.96. The maximum absolute atomic E-state index is 15.1. The Hall–Kier alpha value is -2.97. The Morgan fingerprint density at radius 1 is 1.18 bits per heavy atom. The predicted molar refractivity (Wildman–Crippen MR) is 124 cm³/mol. The van der Waals surface area contributed by atoms with Gasteiger partial charge in [-0.3, -0.25) is 9.59 Å². The number of amides is 1. The number of hydrogen-bond acceptors (Lipinski definition) is 4. The van der Waals surface area contributed by atoms with Crippen LogP contribution >= 0.6 is 11.6 Å². The molecule has 1 aliphatic carbocycles. The van der Waals surface area contributed by atoms with Crippen molar-refractivity contribution in [3.05, 3.63) is 74.5 Å². The van der Waals surface area contributed by atoms with Gasteiger partial charge in [0, 0.05) is 55.9 Å². The molecule has 2 aromatic carbocycles. The van der Waals surface area contributed by atoms with E-state index < -0.39 is 23.0 Å². The van der Waals surface area contributed by atoms with Crippen molar-refractivity contribution >= 4 is 34.1 Å². The molecule has 1 aromatic heterocycles. The van der Waals surface area contributed by atoms with Gasteiger partial charge >= 0.3 is 0 Å². The quantitative estimate of drug-likeness (QED) is 0.595. The van der Waals surface area contributed by atoms with Crippen LogP contribution < -0.4 is 21.0 Å². The monoisotopic (exact) mass is 472 g/mol. The largest absolute Gasteiger partial charge is 0.367 e. The maximum atomic E-state index is 15.1. The second kappa shape index (κ2) is 8.76. The highest BCUT2D eigenvalue weighted by atomic mass is 35.5. The lowest BCUT2D eigenvalue weighted by Gasteiger charge is -2.30. The molecule has 2 aliphatic rings. The third-order valence-corrected chi connectivity index (χ3v) is 6.51. The number of halogens is 3. The van der Waals surface area contributed by atoms with Gasteiger partial charge in [-0.25, -0.2) is 8.78 Å². The van der Waals surface area contributed by atoms with Gasteiger partial charge in [0.25, 0.3) is 5.91 Å². The molecule has 0 unspecified atom stereocenters. The van der Waals surface area contributed by atoms with Crippen LogP contribution in [0.1, 0.15) is 34.8 Å². The highest BCUT2D eigenvalue weighted by Gasteiger charge is 2.28. The third-order valence-electron chi connectivity index (χ3n) is 6.21. The average Bonchev–Trinajstić information content (AvgIpc) is 3.66. The van der Waals surface area contributed by atoms with Crippen LogP contribution in [-0.4, -0.2) is 36.7 Å². The minimum absolute atomic E-state index is 0.0423. The molecular weight excluding hydrogens is 450 g/mol. The van der Waals surface area contributed by atoms with E-state index in [1.807, 2.05) is 9.47 Å². The molecular formula is C24H23ClF2N4O2. The normalized spacial score (nSPS) is 16.3. The molecule has 1 aliphatic heterocycles. The number of anilines is 1. The summed E-state index contributed by atoms with van der Waals surface area (Å²) < 4.78 is 31.1. The fraction of sp³-hybridized carbons (Fsp3) is 0.333. The molecule has 6 nitrogen and oxygen atoms in total. The van der Waals surface area contributed by atoms with E-state index in [0.717, 1.165) is 25.9 Å². The Balaban J connectivity index is 1.52. The standard InChI is InChI=1S/C24H23ClF2N4O2/c25-18-3-1-2-14(22(18)27)12-29-24(33)17-13-31(15-4-5-15)20-11-21(30-8-6-28-7-9-30)19(26)10-16(20)23(17)32/h1-3,10-11,13,15,28H,4-9,12H2,(H,29,33). The van der Waals surface area contributed by atoms with Crippen LogP contribution in [0, 0.1) is 11.6 Å². The summed E-state index contributed by atoms with van der Waals surface area (Å²) in [6.07, 6.45) is 3.39. The summed E-state index contributed by atoms with van der Waals surface area (Å²) in [6, 6.07) is 7.63. The van der Waals surface area contributed by atoms with Gasteiger partial charge in [-0.2, -0.15) is 0 Å². The molecule has 2 heterocycles. The number of piperazine rings is 1. The lowest BCUT2D eigenvalue weighted by Crippen LogP contribution is -2.44. The number of nitrogens with zero attached hydrogens (tertiary/aromatic N) is 2. The first-order chi connectivity index (χ1) is 15.9. The summed E-state index contributed by atoms with van der Waals surface area (Å²) in [5.74, 6) is -1.74. The first kappa shape index (κ1) is 21.9. The number of aromatic nitrogens is 1. The summed E-state index contributed by atoms with van der Waals surface area (Å²) in [4.78, 5) is 28.0. The second-order valence-electron chi connectivity index (χ2n) is 8.46. The van der Waals surface area contributed by atoms with Gasteiger partial charge in [-0.15, -0.1) is 0 Å². The number of carbonyl (C=O) groups excluding carboxylic acids is 1. The number of fused-ring (bicyclic) bond motifs is 1. The van der Waals surface area contributed by atoms with Gasteiger partial charge in [0.15, 0.2) is 0 Å². The Labute approximate surface area is 194 Å². The second-order valence-corrected chi connectivity index (χ2v) is 8.87. The van der Waals surface area contributed by atoms with Gasteiger partial charge in [-0.05, 0) is 31.0 Å². The third kappa shape index (κ3) is 4.20. The minimum Gasteiger partial charge on any atom is -0.367 e. The first-order valence-corrected chi connectivity index (χ1v) is 11.4. The highest BCUT2D eigenvalue weighted by molar-refractivity contribution is 6.30. The van der Waals surface area contributed by atoms with Crippen molar-refractivity contribution in [2.45, 2.75) is 25.4 Å². The fourth-order valence-corrected chi connectivity index (χ4v) is 4.47. The Bertz CT molecular complexity index is 1300. The molecule has 1 saturated carbocycles. The van der Waals surface area contributed by atoms with E-state index in [-0.39, 0.29) is 34.1 Å². The van der Waals surface area contributed by atoms with E-state index in [1.165, 1.54) is 18.2 Å². The Morgan fingerprint density at radius 3 is 2.67 bits per heavy atom. The van der Waals surface area contributed by atoms with Crippen LogP contribution in [-0.2, 0) is 6.54 Å². The van der Waals surface area contributed by atoms with Crippen molar-refractivity contribution in [2.75, 3.05) is 31.1 Å². The molecule has 172 valence electrons. The Morgan fingerprint density at radius 2 is 1.94 bits per heavy atom. The Kier molecular flexibility index (Phi) is 5.80. The van der Waals surface area contributed by atoms with Gasteiger partial charge in [0.2, 0.25) is 5.43 Å². The van der Waals surface area contributed by atoms with Gasteiger partial charge in [-0.1, -0.05) is 23.7 Å². The summed E-state index contributed by atoms with van der Waals surface area (Å²) in [5.41, 5.74) is 0.662. The van der Waals surface area contributed by atoms with E-state index in [9.17, 15) is 14.0 Å². The number of carbonyl (C=O) groups is 1. The van der Waals surface area contributed by atoms with Gasteiger partial charge < -0.3 is 20.1 Å². The SMILES string of the molecule is O=C(NCc1cccc(Cl)c1F)c1cn(C2CC2)c2cc(N3CCNCC3)c(F)cc2c1=O. The highest BCUT2D eigenvalue weighted by Crippen LogP contribution is 2.38. The topological polar surface area (TPSA) is 66.4 Å². The van der Waals surface area contributed by atoms with E-state index in [0.29, 0.717) is 24.3 Å². The maximum Gasteiger partial charge on any atom is 0.257 e. The van der Waals surface area contributed by atoms with E-state index in [4.69, 9.17) is 11.6 Å². The lowest BCUT2D eigenvalue weighted by molar-refractivity contribution is 0.0949. The molecule has 9 heteroatoms. The molecule has 5 rings (SSSR count). The van der Waals surface area contributed by atoms with Crippen LogP contribution in [0.3, 0.4) is 0 Å². The van der Waals surface area contributed by atoms with Crippen molar-refractivity contribution in [1.29, 1.82) is 0 Å². The molecule has 0 radical (unpaired) electrons.